The van der Waals surface area contributed by atoms with Crippen molar-refractivity contribution in [2.24, 2.45) is 0 Å². The van der Waals surface area contributed by atoms with Crippen molar-refractivity contribution >= 4 is 44.8 Å². The maximum absolute atomic E-state index is 12.1. The lowest BCUT2D eigenvalue weighted by molar-refractivity contribution is 0.0607. The predicted molar refractivity (Wildman–Crippen MR) is 80.3 cm³/mol. The van der Waals surface area contributed by atoms with Crippen LogP contribution < -0.4 is 5.32 Å². The van der Waals surface area contributed by atoms with Gasteiger partial charge in [0.25, 0.3) is 5.91 Å². The van der Waals surface area contributed by atoms with Crippen molar-refractivity contribution in [3.63, 3.8) is 0 Å². The van der Waals surface area contributed by atoms with E-state index in [0.717, 1.165) is 5.56 Å². The zero-order chi connectivity index (χ0) is 14.7. The summed E-state index contributed by atoms with van der Waals surface area (Å²) >= 11 is 4.44. The number of pyridine rings is 1. The fourth-order valence-corrected chi connectivity index (χ4v) is 2.69. The standard InChI is InChI=1S/C13H11BrN2O3S/c1-7-6-20-11(13(18)19-2)10(7)16-12(17)8-3-4-9(14)15-5-8/h3-6H,1-2H3,(H,16,17). The molecule has 5 nitrogen and oxygen atoms in total. The molecule has 0 bridgehead atoms. The molecule has 2 aromatic rings. The van der Waals surface area contributed by atoms with Crippen molar-refractivity contribution in [2.75, 3.05) is 12.4 Å². The van der Waals surface area contributed by atoms with Crippen LogP contribution in [0.5, 0.6) is 0 Å². The number of carbonyl (C=O) groups excluding carboxylic acids is 2. The van der Waals surface area contributed by atoms with Crippen LogP contribution in [0.25, 0.3) is 0 Å². The molecule has 20 heavy (non-hydrogen) atoms. The summed E-state index contributed by atoms with van der Waals surface area (Å²) in [5.41, 5.74) is 1.71. The Labute approximate surface area is 128 Å². The van der Waals surface area contributed by atoms with E-state index in [-0.39, 0.29) is 5.91 Å². The van der Waals surface area contributed by atoms with E-state index in [4.69, 9.17) is 4.74 Å². The van der Waals surface area contributed by atoms with Gasteiger partial charge in [0.1, 0.15) is 9.48 Å². The molecule has 0 aliphatic heterocycles. The molecule has 1 amide bonds. The molecule has 2 aromatic heterocycles. The first kappa shape index (κ1) is 14.7. The highest BCUT2D eigenvalue weighted by molar-refractivity contribution is 9.10. The monoisotopic (exact) mass is 354 g/mol. The first-order chi connectivity index (χ1) is 9.52. The van der Waals surface area contributed by atoms with Gasteiger partial charge in [-0.05, 0) is 45.9 Å². The summed E-state index contributed by atoms with van der Waals surface area (Å²) in [6, 6.07) is 3.32. The van der Waals surface area contributed by atoms with Crippen LogP contribution in [-0.4, -0.2) is 24.0 Å². The van der Waals surface area contributed by atoms with E-state index in [9.17, 15) is 9.59 Å². The molecule has 7 heteroatoms. The van der Waals surface area contributed by atoms with Gasteiger partial charge in [0.2, 0.25) is 0 Å². The van der Waals surface area contributed by atoms with E-state index in [0.29, 0.717) is 20.7 Å². The number of rotatable bonds is 3. The van der Waals surface area contributed by atoms with Crippen LogP contribution in [0.2, 0.25) is 0 Å². The largest absolute Gasteiger partial charge is 0.465 e. The quantitative estimate of drug-likeness (QED) is 0.678. The van der Waals surface area contributed by atoms with Crippen LogP contribution in [-0.2, 0) is 4.74 Å². The van der Waals surface area contributed by atoms with Gasteiger partial charge < -0.3 is 10.1 Å². The Morgan fingerprint density at radius 1 is 1.40 bits per heavy atom. The van der Waals surface area contributed by atoms with Crippen molar-refractivity contribution < 1.29 is 14.3 Å². The molecular formula is C13H11BrN2O3S. The zero-order valence-electron chi connectivity index (χ0n) is 10.8. The molecule has 1 N–H and O–H groups in total. The Balaban J connectivity index is 2.26. The molecule has 0 atom stereocenters. The molecule has 2 heterocycles. The molecule has 0 saturated carbocycles. The molecule has 104 valence electrons. The number of nitrogens with zero attached hydrogens (tertiary/aromatic N) is 1. The highest BCUT2D eigenvalue weighted by atomic mass is 79.9. The second-order valence-corrected chi connectivity index (χ2v) is 5.63. The Morgan fingerprint density at radius 3 is 2.75 bits per heavy atom. The third kappa shape index (κ3) is 3.05. The molecule has 0 saturated heterocycles. The van der Waals surface area contributed by atoms with Crippen LogP contribution in [0, 0.1) is 6.92 Å². The number of thiophene rings is 1. The number of aryl methyl sites for hydroxylation is 1. The SMILES string of the molecule is COC(=O)c1scc(C)c1NC(=O)c1ccc(Br)nc1. The van der Waals surface area contributed by atoms with Gasteiger partial charge in [-0.1, -0.05) is 0 Å². The van der Waals surface area contributed by atoms with Gasteiger partial charge in [-0.15, -0.1) is 11.3 Å². The van der Waals surface area contributed by atoms with Gasteiger partial charge in [0, 0.05) is 6.20 Å². The lowest BCUT2D eigenvalue weighted by atomic mass is 10.2. The highest BCUT2D eigenvalue weighted by Gasteiger charge is 2.19. The maximum atomic E-state index is 12.1. The summed E-state index contributed by atoms with van der Waals surface area (Å²) in [5.74, 6) is -0.788. The Hall–Kier alpha value is -1.73. The number of hydrogen-bond acceptors (Lipinski definition) is 5. The second kappa shape index (κ2) is 6.15. The fraction of sp³-hybridized carbons (Fsp3) is 0.154. The number of hydrogen-bond donors (Lipinski definition) is 1. The lowest BCUT2D eigenvalue weighted by Gasteiger charge is -2.07. The average molecular weight is 355 g/mol. The number of halogens is 1. The summed E-state index contributed by atoms with van der Waals surface area (Å²) < 4.78 is 5.34. The van der Waals surface area contributed by atoms with E-state index < -0.39 is 5.97 Å². The molecule has 0 aliphatic carbocycles. The number of ether oxygens (including phenoxy) is 1. The summed E-state index contributed by atoms with van der Waals surface area (Å²) in [6.07, 6.45) is 1.46. The molecule has 0 aliphatic rings. The summed E-state index contributed by atoms with van der Waals surface area (Å²) in [5, 5.41) is 4.52. The van der Waals surface area contributed by atoms with Crippen molar-refractivity contribution in [2.45, 2.75) is 6.92 Å². The second-order valence-electron chi connectivity index (χ2n) is 3.94. The smallest absolute Gasteiger partial charge is 0.350 e. The van der Waals surface area contributed by atoms with Crippen LogP contribution in [0.1, 0.15) is 25.6 Å². The van der Waals surface area contributed by atoms with Crippen LogP contribution >= 0.6 is 27.3 Å². The lowest BCUT2D eigenvalue weighted by Crippen LogP contribution is -2.15. The van der Waals surface area contributed by atoms with Gasteiger partial charge >= 0.3 is 5.97 Å². The van der Waals surface area contributed by atoms with E-state index in [1.807, 2.05) is 6.92 Å². The number of esters is 1. The van der Waals surface area contributed by atoms with Gasteiger partial charge in [0.05, 0.1) is 18.4 Å². The number of amides is 1. The molecular weight excluding hydrogens is 344 g/mol. The number of carbonyl (C=O) groups is 2. The minimum absolute atomic E-state index is 0.323. The third-order valence-electron chi connectivity index (χ3n) is 2.57. The topological polar surface area (TPSA) is 68.3 Å². The normalized spacial score (nSPS) is 10.2. The Bertz CT molecular complexity index is 652. The molecule has 0 fully saturated rings. The molecule has 0 aromatic carbocycles. The summed E-state index contributed by atoms with van der Waals surface area (Å²) in [7, 11) is 1.31. The number of methoxy groups -OCH3 is 1. The first-order valence-electron chi connectivity index (χ1n) is 5.62. The molecule has 0 radical (unpaired) electrons. The molecule has 0 unspecified atom stereocenters. The highest BCUT2D eigenvalue weighted by Crippen LogP contribution is 2.28. The van der Waals surface area contributed by atoms with E-state index in [1.54, 1.807) is 17.5 Å². The fourth-order valence-electron chi connectivity index (χ4n) is 1.54. The minimum atomic E-state index is -0.465. The zero-order valence-corrected chi connectivity index (χ0v) is 13.2. The predicted octanol–water partition coefficient (Wildman–Crippen LogP) is 3.25. The van der Waals surface area contributed by atoms with E-state index in [1.165, 1.54) is 24.6 Å². The van der Waals surface area contributed by atoms with E-state index >= 15 is 0 Å². The molecule has 0 spiro atoms. The maximum Gasteiger partial charge on any atom is 0.350 e. The summed E-state index contributed by atoms with van der Waals surface area (Å²) in [4.78, 5) is 28.1. The van der Waals surface area contributed by atoms with Gasteiger partial charge in [-0.25, -0.2) is 9.78 Å². The van der Waals surface area contributed by atoms with Gasteiger partial charge in [0.15, 0.2) is 0 Å². The molecule has 2 rings (SSSR count). The number of aromatic nitrogens is 1. The number of nitrogens with one attached hydrogen (secondary N) is 1. The van der Waals surface area contributed by atoms with Crippen molar-refractivity contribution in [1.29, 1.82) is 0 Å². The van der Waals surface area contributed by atoms with Crippen molar-refractivity contribution in [3.8, 4) is 0 Å². The number of anilines is 1. The van der Waals surface area contributed by atoms with Gasteiger partial charge in [-0.2, -0.15) is 0 Å². The van der Waals surface area contributed by atoms with Gasteiger partial charge in [-0.3, -0.25) is 4.79 Å². The van der Waals surface area contributed by atoms with Crippen LogP contribution in [0.4, 0.5) is 5.69 Å². The van der Waals surface area contributed by atoms with Crippen LogP contribution in [0.15, 0.2) is 28.3 Å². The Kier molecular flexibility index (Phi) is 4.51. The Morgan fingerprint density at radius 2 is 2.15 bits per heavy atom. The average Bonchev–Trinajstić information content (AvgIpc) is 2.80. The van der Waals surface area contributed by atoms with E-state index in [2.05, 4.69) is 26.2 Å². The third-order valence-corrected chi connectivity index (χ3v) is 4.12. The summed E-state index contributed by atoms with van der Waals surface area (Å²) in [6.45, 7) is 1.82. The van der Waals surface area contributed by atoms with Crippen molar-refractivity contribution in [1.82, 2.24) is 4.98 Å². The first-order valence-corrected chi connectivity index (χ1v) is 7.29. The van der Waals surface area contributed by atoms with Crippen molar-refractivity contribution in [3.05, 3.63) is 44.3 Å². The minimum Gasteiger partial charge on any atom is -0.465 e. The van der Waals surface area contributed by atoms with Crippen LogP contribution in [0.3, 0.4) is 0 Å².